The Balaban J connectivity index is 3.94. The number of ether oxygens (including phenoxy) is 1. The van der Waals surface area contributed by atoms with E-state index in [1.54, 1.807) is 0 Å². The maximum Gasteiger partial charge on any atom is 0.330 e. The molecule has 0 rings (SSSR count). The van der Waals surface area contributed by atoms with Crippen LogP contribution in [-0.2, 0) is 4.74 Å². The number of nitrogens with one attached hydrogen (secondary N) is 1. The average molecular weight is 315 g/mol. The zero-order valence-electron chi connectivity index (χ0n) is 13.1. The second-order valence-corrected chi connectivity index (χ2v) is 5.43. The van der Waals surface area contributed by atoms with E-state index in [1.165, 1.54) is 19.3 Å². The molecular weight excluding hydrogens is 286 g/mol. The largest absolute Gasteiger partial charge is 0.373 e. The topological polar surface area (TPSA) is 21.3 Å². The summed E-state index contributed by atoms with van der Waals surface area (Å²) in [4.78, 5) is 0. The molecule has 128 valence electrons. The van der Waals surface area contributed by atoms with Crippen LogP contribution in [0.3, 0.4) is 0 Å². The summed E-state index contributed by atoms with van der Waals surface area (Å²) in [7, 11) is 0. The zero-order chi connectivity index (χ0) is 16.1. The SMILES string of the molecule is CCCCCCCC(COCC(F)(F)C(F)F)NCCC. The van der Waals surface area contributed by atoms with Gasteiger partial charge >= 0.3 is 12.3 Å². The molecule has 0 radical (unpaired) electrons. The van der Waals surface area contributed by atoms with Gasteiger partial charge in [-0.25, -0.2) is 8.78 Å². The van der Waals surface area contributed by atoms with Crippen LogP contribution in [0.15, 0.2) is 0 Å². The number of hydrogen-bond donors (Lipinski definition) is 1. The van der Waals surface area contributed by atoms with Gasteiger partial charge in [0.15, 0.2) is 0 Å². The molecule has 1 N–H and O–H groups in total. The Morgan fingerprint density at radius 2 is 1.67 bits per heavy atom. The molecule has 0 aliphatic heterocycles. The number of unbranched alkanes of at least 4 members (excludes halogenated alkanes) is 4. The van der Waals surface area contributed by atoms with Crippen LogP contribution in [-0.4, -0.2) is 38.1 Å². The van der Waals surface area contributed by atoms with Crippen LogP contribution in [0.2, 0.25) is 0 Å². The van der Waals surface area contributed by atoms with E-state index >= 15 is 0 Å². The lowest BCUT2D eigenvalue weighted by atomic mass is 10.1. The number of rotatable bonds is 14. The average Bonchev–Trinajstić information content (AvgIpc) is 2.43. The summed E-state index contributed by atoms with van der Waals surface area (Å²) >= 11 is 0. The van der Waals surface area contributed by atoms with E-state index in [1.807, 2.05) is 6.92 Å². The van der Waals surface area contributed by atoms with Crippen molar-refractivity contribution >= 4 is 0 Å². The highest BCUT2D eigenvalue weighted by atomic mass is 19.3. The molecule has 21 heavy (non-hydrogen) atoms. The molecule has 0 saturated carbocycles. The summed E-state index contributed by atoms with van der Waals surface area (Å²) in [5.74, 6) is -4.06. The maximum absolute atomic E-state index is 12.7. The zero-order valence-corrected chi connectivity index (χ0v) is 13.1. The number of alkyl halides is 4. The van der Waals surface area contributed by atoms with Crippen molar-refractivity contribution in [2.75, 3.05) is 19.8 Å². The van der Waals surface area contributed by atoms with Crippen LogP contribution in [0.1, 0.15) is 58.8 Å². The normalized spacial score (nSPS) is 13.9. The highest BCUT2D eigenvalue weighted by Crippen LogP contribution is 2.23. The van der Waals surface area contributed by atoms with Crippen molar-refractivity contribution in [2.45, 2.75) is 77.2 Å². The molecule has 0 saturated heterocycles. The smallest absolute Gasteiger partial charge is 0.330 e. The number of halogens is 4. The van der Waals surface area contributed by atoms with Gasteiger partial charge in [0.25, 0.3) is 0 Å². The van der Waals surface area contributed by atoms with Gasteiger partial charge in [-0.15, -0.1) is 0 Å². The Morgan fingerprint density at radius 1 is 1.00 bits per heavy atom. The van der Waals surface area contributed by atoms with Crippen LogP contribution in [0.4, 0.5) is 17.6 Å². The van der Waals surface area contributed by atoms with Crippen molar-refractivity contribution in [3.8, 4) is 0 Å². The molecule has 6 heteroatoms. The summed E-state index contributed by atoms with van der Waals surface area (Å²) in [6.45, 7) is 3.76. The van der Waals surface area contributed by atoms with E-state index in [-0.39, 0.29) is 12.6 Å². The van der Waals surface area contributed by atoms with Gasteiger partial charge in [0.2, 0.25) is 0 Å². The fourth-order valence-corrected chi connectivity index (χ4v) is 1.99. The van der Waals surface area contributed by atoms with Gasteiger partial charge in [-0.3, -0.25) is 0 Å². The van der Waals surface area contributed by atoms with E-state index < -0.39 is 19.0 Å². The van der Waals surface area contributed by atoms with Crippen LogP contribution in [0.25, 0.3) is 0 Å². The molecule has 0 amide bonds. The lowest BCUT2D eigenvalue weighted by molar-refractivity contribution is -0.167. The summed E-state index contributed by atoms with van der Waals surface area (Å²) in [5.41, 5.74) is 0. The predicted octanol–water partition coefficient (Wildman–Crippen LogP) is 4.63. The van der Waals surface area contributed by atoms with Crippen molar-refractivity contribution in [3.63, 3.8) is 0 Å². The van der Waals surface area contributed by atoms with Crippen LogP contribution in [0, 0.1) is 0 Å². The maximum atomic E-state index is 12.7. The molecular formula is C15H29F4NO. The van der Waals surface area contributed by atoms with E-state index in [4.69, 9.17) is 4.74 Å². The highest BCUT2D eigenvalue weighted by Gasteiger charge is 2.41. The quantitative estimate of drug-likeness (QED) is 0.373. The number of hydrogen-bond acceptors (Lipinski definition) is 2. The molecule has 0 heterocycles. The minimum atomic E-state index is -4.06. The first-order chi connectivity index (χ1) is 9.94. The Morgan fingerprint density at radius 3 is 2.24 bits per heavy atom. The van der Waals surface area contributed by atoms with Crippen molar-refractivity contribution in [3.05, 3.63) is 0 Å². The van der Waals surface area contributed by atoms with E-state index in [2.05, 4.69) is 12.2 Å². The first-order valence-electron chi connectivity index (χ1n) is 7.91. The molecule has 0 fully saturated rings. The van der Waals surface area contributed by atoms with Crippen molar-refractivity contribution in [1.82, 2.24) is 5.32 Å². The molecule has 2 nitrogen and oxygen atoms in total. The Bertz CT molecular complexity index is 240. The van der Waals surface area contributed by atoms with E-state index in [0.29, 0.717) is 0 Å². The summed E-state index contributed by atoms with van der Waals surface area (Å²) in [5, 5.41) is 3.22. The molecule has 1 atom stereocenters. The van der Waals surface area contributed by atoms with Gasteiger partial charge in [0, 0.05) is 6.04 Å². The molecule has 0 aromatic rings. The lowest BCUT2D eigenvalue weighted by Crippen LogP contribution is -2.38. The second-order valence-electron chi connectivity index (χ2n) is 5.43. The fraction of sp³-hybridized carbons (Fsp3) is 1.00. The van der Waals surface area contributed by atoms with E-state index in [0.717, 1.165) is 32.2 Å². The summed E-state index contributed by atoms with van der Waals surface area (Å²) < 4.78 is 54.3. The van der Waals surface area contributed by atoms with E-state index in [9.17, 15) is 17.6 Å². The first-order valence-corrected chi connectivity index (χ1v) is 7.91. The minimum absolute atomic E-state index is 0.0416. The predicted molar refractivity (Wildman–Crippen MR) is 77.2 cm³/mol. The van der Waals surface area contributed by atoms with Gasteiger partial charge in [-0.1, -0.05) is 46.0 Å². The Kier molecular flexibility index (Phi) is 12.0. The van der Waals surface area contributed by atoms with Crippen molar-refractivity contribution < 1.29 is 22.3 Å². The standard InChI is InChI=1S/C15H29F4NO/c1-3-5-6-7-8-9-13(20-10-4-2)11-21-12-15(18,19)14(16)17/h13-14,20H,3-12H2,1-2H3. The van der Waals surface area contributed by atoms with Gasteiger partial charge in [0.05, 0.1) is 6.61 Å². The monoisotopic (exact) mass is 315 g/mol. The highest BCUT2D eigenvalue weighted by molar-refractivity contribution is 4.70. The molecule has 0 aliphatic rings. The van der Waals surface area contributed by atoms with Gasteiger partial charge < -0.3 is 10.1 Å². The van der Waals surface area contributed by atoms with Crippen molar-refractivity contribution in [1.29, 1.82) is 0 Å². The third-order valence-corrected chi connectivity index (χ3v) is 3.27. The summed E-state index contributed by atoms with van der Waals surface area (Å²) in [6, 6.07) is -0.0416. The van der Waals surface area contributed by atoms with Crippen molar-refractivity contribution in [2.24, 2.45) is 0 Å². The fourth-order valence-electron chi connectivity index (χ4n) is 1.99. The molecule has 0 aromatic heterocycles. The van der Waals surface area contributed by atoms with Crippen LogP contribution in [0.5, 0.6) is 0 Å². The molecule has 1 unspecified atom stereocenters. The van der Waals surface area contributed by atoms with Gasteiger partial charge in [-0.2, -0.15) is 8.78 Å². The third kappa shape index (κ3) is 10.9. The Hall–Kier alpha value is -0.360. The summed E-state index contributed by atoms with van der Waals surface area (Å²) in [6.07, 6.45) is 3.72. The molecule has 0 aliphatic carbocycles. The Labute approximate surface area is 125 Å². The van der Waals surface area contributed by atoms with Gasteiger partial charge in [0.1, 0.15) is 6.61 Å². The molecule has 0 aromatic carbocycles. The van der Waals surface area contributed by atoms with Crippen LogP contribution >= 0.6 is 0 Å². The molecule has 0 bridgehead atoms. The van der Waals surface area contributed by atoms with Crippen LogP contribution < -0.4 is 5.32 Å². The first kappa shape index (κ1) is 20.6. The second kappa shape index (κ2) is 12.2. The molecule has 0 spiro atoms. The van der Waals surface area contributed by atoms with Gasteiger partial charge in [-0.05, 0) is 19.4 Å². The third-order valence-electron chi connectivity index (χ3n) is 3.27. The lowest BCUT2D eigenvalue weighted by Gasteiger charge is -2.21. The minimum Gasteiger partial charge on any atom is -0.373 e.